The first-order chi connectivity index (χ1) is 11.7. The van der Waals surface area contributed by atoms with Crippen LogP contribution < -0.4 is 5.32 Å². The van der Waals surface area contributed by atoms with Gasteiger partial charge in [-0.05, 0) is 68.0 Å². The van der Waals surface area contributed by atoms with Crippen LogP contribution in [0.4, 0.5) is 0 Å². The summed E-state index contributed by atoms with van der Waals surface area (Å²) in [7, 11) is 0. The molecule has 2 spiro atoms. The molecule has 0 bridgehead atoms. The van der Waals surface area contributed by atoms with Crippen molar-refractivity contribution in [3.63, 3.8) is 0 Å². The van der Waals surface area contributed by atoms with Gasteiger partial charge in [-0.3, -0.25) is 4.79 Å². The first-order valence-corrected chi connectivity index (χ1v) is 9.81. The van der Waals surface area contributed by atoms with Gasteiger partial charge in [0, 0.05) is 31.0 Å². The first kappa shape index (κ1) is 14.9. The van der Waals surface area contributed by atoms with E-state index in [4.69, 9.17) is 0 Å². The fourth-order valence-electron chi connectivity index (χ4n) is 5.80. The SMILES string of the molecule is O=C(C1CC12CCCc1ccccc12)N1CCC2(CCNC2)CC1. The molecule has 2 saturated heterocycles. The highest BCUT2D eigenvalue weighted by molar-refractivity contribution is 5.85. The molecule has 3 nitrogen and oxygen atoms in total. The number of carbonyl (C=O) groups excluding carboxylic acids is 1. The Kier molecular flexibility index (Phi) is 3.31. The van der Waals surface area contributed by atoms with Gasteiger partial charge in [0.1, 0.15) is 0 Å². The molecule has 24 heavy (non-hydrogen) atoms. The monoisotopic (exact) mass is 324 g/mol. The third-order valence-electron chi connectivity index (χ3n) is 7.46. The van der Waals surface area contributed by atoms with Gasteiger partial charge in [0.2, 0.25) is 5.91 Å². The molecule has 2 aliphatic heterocycles. The van der Waals surface area contributed by atoms with E-state index >= 15 is 0 Å². The van der Waals surface area contributed by atoms with Crippen molar-refractivity contribution >= 4 is 5.91 Å². The third kappa shape index (κ3) is 2.17. The zero-order chi connectivity index (χ0) is 16.2. The highest BCUT2D eigenvalue weighted by atomic mass is 16.2. The summed E-state index contributed by atoms with van der Waals surface area (Å²) in [5.41, 5.74) is 3.67. The lowest BCUT2D eigenvalue weighted by atomic mass is 9.77. The van der Waals surface area contributed by atoms with Gasteiger partial charge < -0.3 is 10.2 Å². The summed E-state index contributed by atoms with van der Waals surface area (Å²) in [6, 6.07) is 8.87. The molecule has 2 aliphatic carbocycles. The Labute approximate surface area is 144 Å². The van der Waals surface area contributed by atoms with Crippen LogP contribution in [0.25, 0.3) is 0 Å². The van der Waals surface area contributed by atoms with Gasteiger partial charge in [-0.1, -0.05) is 24.3 Å². The molecule has 1 aromatic rings. The Hall–Kier alpha value is -1.35. The first-order valence-electron chi connectivity index (χ1n) is 9.81. The van der Waals surface area contributed by atoms with Crippen LogP contribution in [0.5, 0.6) is 0 Å². The van der Waals surface area contributed by atoms with Crippen molar-refractivity contribution in [2.24, 2.45) is 11.3 Å². The van der Waals surface area contributed by atoms with E-state index in [-0.39, 0.29) is 11.3 Å². The van der Waals surface area contributed by atoms with Crippen LogP contribution in [-0.2, 0) is 16.6 Å². The van der Waals surface area contributed by atoms with E-state index in [0.717, 1.165) is 32.6 Å². The molecule has 2 unspecified atom stereocenters. The number of aryl methyl sites for hydroxylation is 1. The van der Waals surface area contributed by atoms with E-state index in [1.807, 2.05) is 0 Å². The van der Waals surface area contributed by atoms with E-state index in [0.29, 0.717) is 11.3 Å². The molecular formula is C21H28N2O. The van der Waals surface area contributed by atoms with Crippen molar-refractivity contribution in [2.45, 2.75) is 50.4 Å². The molecule has 3 fully saturated rings. The second-order valence-electron chi connectivity index (χ2n) is 8.68. The van der Waals surface area contributed by atoms with Crippen LogP contribution in [0, 0.1) is 11.3 Å². The van der Waals surface area contributed by atoms with Gasteiger partial charge in [0.15, 0.2) is 0 Å². The Morgan fingerprint density at radius 1 is 1.12 bits per heavy atom. The lowest BCUT2D eigenvalue weighted by Crippen LogP contribution is -2.45. The van der Waals surface area contributed by atoms with Crippen LogP contribution in [0.2, 0.25) is 0 Å². The lowest BCUT2D eigenvalue weighted by molar-refractivity contribution is -0.135. The summed E-state index contributed by atoms with van der Waals surface area (Å²) >= 11 is 0. The Balaban J connectivity index is 1.30. The number of fused-ring (bicyclic) bond motifs is 2. The van der Waals surface area contributed by atoms with E-state index in [1.54, 1.807) is 0 Å². The molecule has 3 heteroatoms. The summed E-state index contributed by atoms with van der Waals surface area (Å²) in [5, 5.41) is 3.52. The topological polar surface area (TPSA) is 32.3 Å². The number of rotatable bonds is 1. The zero-order valence-corrected chi connectivity index (χ0v) is 14.5. The Morgan fingerprint density at radius 2 is 1.96 bits per heavy atom. The maximum Gasteiger partial charge on any atom is 0.226 e. The molecular weight excluding hydrogens is 296 g/mol. The molecule has 1 saturated carbocycles. The van der Waals surface area contributed by atoms with Crippen molar-refractivity contribution in [3.8, 4) is 0 Å². The fraction of sp³-hybridized carbons (Fsp3) is 0.667. The highest BCUT2D eigenvalue weighted by Crippen LogP contribution is 2.61. The lowest BCUT2D eigenvalue weighted by Gasteiger charge is -2.39. The number of piperidine rings is 1. The number of hydrogen-bond donors (Lipinski definition) is 1. The van der Waals surface area contributed by atoms with Gasteiger partial charge in [-0.2, -0.15) is 0 Å². The maximum absolute atomic E-state index is 13.2. The number of amides is 1. The Morgan fingerprint density at radius 3 is 2.75 bits per heavy atom. The van der Waals surface area contributed by atoms with Gasteiger partial charge in [-0.15, -0.1) is 0 Å². The van der Waals surface area contributed by atoms with Crippen molar-refractivity contribution in [2.75, 3.05) is 26.2 Å². The molecule has 0 aromatic heterocycles. The second kappa shape index (κ2) is 5.32. The van der Waals surface area contributed by atoms with Crippen LogP contribution in [0.15, 0.2) is 24.3 Å². The van der Waals surface area contributed by atoms with Crippen LogP contribution in [-0.4, -0.2) is 37.0 Å². The molecule has 128 valence electrons. The molecule has 2 atom stereocenters. The van der Waals surface area contributed by atoms with E-state index in [2.05, 4.69) is 34.5 Å². The summed E-state index contributed by atoms with van der Waals surface area (Å²) in [5.74, 6) is 0.710. The molecule has 2 heterocycles. The molecule has 1 N–H and O–H groups in total. The molecule has 5 rings (SSSR count). The van der Waals surface area contributed by atoms with E-state index < -0.39 is 0 Å². The summed E-state index contributed by atoms with van der Waals surface area (Å²) < 4.78 is 0. The van der Waals surface area contributed by atoms with E-state index in [1.165, 1.54) is 49.7 Å². The van der Waals surface area contributed by atoms with Gasteiger partial charge in [0.05, 0.1) is 0 Å². The zero-order valence-electron chi connectivity index (χ0n) is 14.5. The minimum atomic E-state index is 0.190. The van der Waals surface area contributed by atoms with Crippen molar-refractivity contribution in [1.82, 2.24) is 10.2 Å². The Bertz CT molecular complexity index is 654. The number of carbonyl (C=O) groups is 1. The quantitative estimate of drug-likeness (QED) is 0.861. The highest BCUT2D eigenvalue weighted by Gasteiger charge is 2.61. The molecule has 4 aliphatic rings. The summed E-state index contributed by atoms with van der Waals surface area (Å²) in [4.78, 5) is 15.4. The van der Waals surface area contributed by atoms with Gasteiger partial charge in [-0.25, -0.2) is 0 Å². The van der Waals surface area contributed by atoms with Crippen LogP contribution >= 0.6 is 0 Å². The van der Waals surface area contributed by atoms with Crippen LogP contribution in [0.1, 0.15) is 49.7 Å². The second-order valence-corrected chi connectivity index (χ2v) is 8.68. The van der Waals surface area contributed by atoms with Crippen LogP contribution in [0.3, 0.4) is 0 Å². The smallest absolute Gasteiger partial charge is 0.226 e. The predicted molar refractivity (Wildman–Crippen MR) is 94.9 cm³/mol. The average Bonchev–Trinajstić information content (AvgIpc) is 3.16. The number of nitrogens with one attached hydrogen (secondary N) is 1. The predicted octanol–water partition coefficient (Wildman–Crippen LogP) is 2.88. The van der Waals surface area contributed by atoms with Gasteiger partial charge in [0.25, 0.3) is 0 Å². The molecule has 0 radical (unpaired) electrons. The minimum absolute atomic E-state index is 0.190. The summed E-state index contributed by atoms with van der Waals surface area (Å²) in [6.45, 7) is 4.29. The number of benzene rings is 1. The number of hydrogen-bond acceptors (Lipinski definition) is 2. The molecule has 1 aromatic carbocycles. The fourth-order valence-corrected chi connectivity index (χ4v) is 5.80. The standard InChI is InChI=1S/C21H28N2O/c24-19(23-12-9-20(10-13-23)8-11-22-15-20)18-14-21(18)7-3-5-16-4-1-2-6-17(16)21/h1-2,4,6,18,22H,3,5,7-15H2. The number of likely N-dealkylation sites (tertiary alicyclic amines) is 1. The van der Waals surface area contributed by atoms with Gasteiger partial charge >= 0.3 is 0 Å². The number of nitrogens with zero attached hydrogens (tertiary/aromatic N) is 1. The third-order valence-corrected chi connectivity index (χ3v) is 7.46. The van der Waals surface area contributed by atoms with Crippen molar-refractivity contribution < 1.29 is 4.79 Å². The summed E-state index contributed by atoms with van der Waals surface area (Å²) in [6.07, 6.45) is 8.43. The van der Waals surface area contributed by atoms with E-state index in [9.17, 15) is 4.79 Å². The van der Waals surface area contributed by atoms with Crippen molar-refractivity contribution in [1.29, 1.82) is 0 Å². The largest absolute Gasteiger partial charge is 0.342 e. The average molecular weight is 324 g/mol. The van der Waals surface area contributed by atoms with Crippen molar-refractivity contribution in [3.05, 3.63) is 35.4 Å². The molecule has 1 amide bonds. The normalized spacial score (nSPS) is 33.7. The maximum atomic E-state index is 13.2. The minimum Gasteiger partial charge on any atom is -0.342 e.